The molecule has 1 aromatic rings. The van der Waals surface area contributed by atoms with Crippen LogP contribution in [0, 0.1) is 0 Å². The van der Waals surface area contributed by atoms with E-state index in [0.717, 1.165) is 5.56 Å². The van der Waals surface area contributed by atoms with Crippen molar-refractivity contribution >= 4 is 5.97 Å². The molecular weight excluding hydrogens is 258 g/mol. The Kier molecular flexibility index (Phi) is 6.38. The highest BCUT2D eigenvalue weighted by atomic mass is 16.4. The van der Waals surface area contributed by atoms with E-state index in [1.165, 1.54) is 0 Å². The van der Waals surface area contributed by atoms with Crippen LogP contribution in [-0.2, 0) is 4.79 Å². The van der Waals surface area contributed by atoms with Crippen molar-refractivity contribution in [3.63, 3.8) is 0 Å². The molecule has 0 saturated carbocycles. The molecule has 0 amide bonds. The maximum Gasteiger partial charge on any atom is 0.134 e. The van der Waals surface area contributed by atoms with Gasteiger partial charge >= 0.3 is 0 Å². The molecule has 0 fully saturated rings. The summed E-state index contributed by atoms with van der Waals surface area (Å²) in [5.74, 6) is -1.21. The number of hydrogen-bond donors (Lipinski definition) is 2. The van der Waals surface area contributed by atoms with E-state index in [4.69, 9.17) is 0 Å². The molecule has 0 radical (unpaired) electrons. The van der Waals surface area contributed by atoms with Gasteiger partial charge in [0.2, 0.25) is 0 Å². The quantitative estimate of drug-likeness (QED) is 0.470. The molecule has 5 nitrogen and oxygen atoms in total. The topological polar surface area (TPSA) is 80.6 Å². The summed E-state index contributed by atoms with van der Waals surface area (Å²) in [6.45, 7) is 3.56. The van der Waals surface area contributed by atoms with Gasteiger partial charge in [0.1, 0.15) is 25.7 Å². The maximum atomic E-state index is 11.1. The number of aliphatic hydroxyl groups is 2. The monoisotopic (exact) mass is 279 g/mol. The van der Waals surface area contributed by atoms with Crippen LogP contribution in [0.5, 0.6) is 0 Å². The van der Waals surface area contributed by atoms with Crippen LogP contribution in [-0.4, -0.2) is 53.5 Å². The summed E-state index contributed by atoms with van der Waals surface area (Å²) < 4.78 is -0.0111. The minimum Gasteiger partial charge on any atom is -0.544 e. The average Bonchev–Trinajstić information content (AvgIpc) is 2.40. The van der Waals surface area contributed by atoms with Gasteiger partial charge in [-0.3, -0.25) is 0 Å². The summed E-state index contributed by atoms with van der Waals surface area (Å²) in [5, 5.41) is 29.7. The molecule has 0 spiro atoms. The fourth-order valence-corrected chi connectivity index (χ4v) is 2.63. The summed E-state index contributed by atoms with van der Waals surface area (Å²) in [4.78, 5) is 11.1. The molecule has 0 heterocycles. The Morgan fingerprint density at radius 1 is 1.25 bits per heavy atom. The van der Waals surface area contributed by atoms with Crippen molar-refractivity contribution in [3.8, 4) is 0 Å². The van der Waals surface area contributed by atoms with Crippen LogP contribution in [0.4, 0.5) is 0 Å². The van der Waals surface area contributed by atoms with Gasteiger partial charge in [-0.25, -0.2) is 0 Å². The van der Waals surface area contributed by atoms with Gasteiger partial charge < -0.3 is 24.6 Å². The van der Waals surface area contributed by atoms with Gasteiger partial charge in [0.25, 0.3) is 0 Å². The summed E-state index contributed by atoms with van der Waals surface area (Å²) in [5.41, 5.74) is 0.894. The summed E-state index contributed by atoms with van der Waals surface area (Å²) in [6, 6.07) is 9.02. The van der Waals surface area contributed by atoms with Crippen LogP contribution in [0.3, 0.4) is 0 Å². The second-order valence-electron chi connectivity index (χ2n) is 4.73. The van der Waals surface area contributed by atoms with Gasteiger partial charge in [-0.2, -0.15) is 0 Å². The van der Waals surface area contributed by atoms with Crippen LogP contribution in [0.2, 0.25) is 0 Å². The zero-order valence-electron chi connectivity index (χ0n) is 11.4. The van der Waals surface area contributed by atoms with Crippen LogP contribution < -0.4 is 5.11 Å². The van der Waals surface area contributed by atoms with Crippen LogP contribution in [0.1, 0.15) is 11.6 Å². The first-order valence-corrected chi connectivity index (χ1v) is 6.54. The molecule has 0 saturated heterocycles. The van der Waals surface area contributed by atoms with Crippen molar-refractivity contribution in [1.29, 1.82) is 0 Å². The minimum atomic E-state index is -1.21. The Hall–Kier alpha value is -1.69. The van der Waals surface area contributed by atoms with E-state index in [9.17, 15) is 20.1 Å². The van der Waals surface area contributed by atoms with Crippen LogP contribution >= 0.6 is 0 Å². The largest absolute Gasteiger partial charge is 0.544 e. The smallest absolute Gasteiger partial charge is 0.134 e. The Morgan fingerprint density at radius 2 is 1.80 bits per heavy atom. The number of rotatable bonds is 9. The molecule has 1 aromatic carbocycles. The molecule has 20 heavy (non-hydrogen) atoms. The predicted molar refractivity (Wildman–Crippen MR) is 73.4 cm³/mol. The van der Waals surface area contributed by atoms with Gasteiger partial charge in [0.15, 0.2) is 0 Å². The molecule has 1 atom stereocenters. The molecule has 0 bridgehead atoms. The molecule has 0 aliphatic heterocycles. The first-order chi connectivity index (χ1) is 9.59. The number of carboxylic acids is 1. The van der Waals surface area contributed by atoms with Crippen molar-refractivity contribution in [2.75, 3.05) is 32.8 Å². The number of aliphatic carboxylic acids is 1. The van der Waals surface area contributed by atoms with Crippen molar-refractivity contribution in [1.82, 2.24) is 0 Å². The second kappa shape index (κ2) is 7.79. The number of nitrogens with zero attached hydrogens (tertiary/aromatic N) is 1. The lowest BCUT2D eigenvalue weighted by Crippen LogP contribution is -2.58. The van der Waals surface area contributed by atoms with E-state index in [1.54, 1.807) is 6.08 Å². The van der Waals surface area contributed by atoms with Crippen LogP contribution in [0.25, 0.3) is 0 Å². The fraction of sp³-hybridized carbons (Fsp3) is 0.400. The van der Waals surface area contributed by atoms with E-state index >= 15 is 0 Å². The third-order valence-corrected chi connectivity index (χ3v) is 3.49. The van der Waals surface area contributed by atoms with Gasteiger partial charge in [0.05, 0.1) is 19.2 Å². The Bertz CT molecular complexity index is 427. The molecule has 0 aromatic heterocycles. The predicted octanol–water partition coefficient (Wildman–Crippen LogP) is -0.535. The van der Waals surface area contributed by atoms with E-state index in [0.29, 0.717) is 0 Å². The number of aliphatic hydroxyl groups excluding tert-OH is 2. The molecule has 0 aliphatic rings. The zero-order valence-corrected chi connectivity index (χ0v) is 11.4. The molecular formula is C15H21NO4. The number of quaternary nitrogens is 1. The minimum absolute atomic E-state index is 0.0111. The maximum absolute atomic E-state index is 11.1. The number of carbonyl (C=O) groups excluding carboxylic acids is 1. The van der Waals surface area contributed by atoms with E-state index in [-0.39, 0.29) is 43.4 Å². The average molecular weight is 279 g/mol. The highest BCUT2D eigenvalue weighted by Gasteiger charge is 2.35. The van der Waals surface area contributed by atoms with Crippen molar-refractivity contribution in [3.05, 3.63) is 48.6 Å². The van der Waals surface area contributed by atoms with Crippen LogP contribution in [0.15, 0.2) is 43.0 Å². The fourth-order valence-electron chi connectivity index (χ4n) is 2.63. The van der Waals surface area contributed by atoms with Crippen molar-refractivity contribution in [2.45, 2.75) is 6.04 Å². The standard InChI is InChI=1S/C15H21NO4/c1-2-14(13-6-4-3-5-7-13)16(8-10-17,9-11-18)12-15(19)20/h2-7,14,17-18H,1,8-12H2. The molecule has 2 N–H and O–H groups in total. The van der Waals surface area contributed by atoms with Gasteiger partial charge in [-0.1, -0.05) is 36.9 Å². The number of carboxylic acid groups (broad SMARTS) is 1. The first-order valence-electron chi connectivity index (χ1n) is 6.54. The van der Waals surface area contributed by atoms with E-state index in [2.05, 4.69) is 6.58 Å². The Labute approximate surface area is 119 Å². The van der Waals surface area contributed by atoms with Crippen molar-refractivity contribution < 1.29 is 24.6 Å². The molecule has 0 aliphatic carbocycles. The number of benzene rings is 1. The number of hydrogen-bond acceptors (Lipinski definition) is 4. The number of carbonyl (C=O) groups is 1. The van der Waals surface area contributed by atoms with E-state index < -0.39 is 5.97 Å². The summed E-state index contributed by atoms with van der Waals surface area (Å²) >= 11 is 0. The molecule has 5 heteroatoms. The highest BCUT2D eigenvalue weighted by Crippen LogP contribution is 2.29. The van der Waals surface area contributed by atoms with Gasteiger partial charge in [-0.15, -0.1) is 0 Å². The molecule has 1 rings (SSSR count). The Balaban J connectivity index is 3.22. The SMILES string of the molecule is C=CC(c1ccccc1)[N+](CCO)(CCO)CC(=O)[O-]. The molecule has 110 valence electrons. The Morgan fingerprint density at radius 3 is 2.20 bits per heavy atom. The third-order valence-electron chi connectivity index (χ3n) is 3.49. The lowest BCUT2D eigenvalue weighted by Gasteiger charge is -2.43. The molecule has 1 unspecified atom stereocenters. The lowest BCUT2D eigenvalue weighted by atomic mass is 10.0. The lowest BCUT2D eigenvalue weighted by molar-refractivity contribution is -0.946. The zero-order chi connectivity index (χ0) is 15.0. The van der Waals surface area contributed by atoms with Gasteiger partial charge in [0, 0.05) is 5.56 Å². The van der Waals surface area contributed by atoms with Gasteiger partial charge in [-0.05, 0) is 6.08 Å². The third kappa shape index (κ3) is 3.90. The second-order valence-corrected chi connectivity index (χ2v) is 4.73. The van der Waals surface area contributed by atoms with Crippen molar-refractivity contribution in [2.24, 2.45) is 0 Å². The summed E-state index contributed by atoms with van der Waals surface area (Å²) in [6.07, 6.45) is 1.66. The summed E-state index contributed by atoms with van der Waals surface area (Å²) in [7, 11) is 0. The normalized spacial score (nSPS) is 12.9. The first kappa shape index (κ1) is 16.4. The highest BCUT2D eigenvalue weighted by molar-refractivity contribution is 5.65. The van der Waals surface area contributed by atoms with E-state index in [1.807, 2.05) is 30.3 Å².